The summed E-state index contributed by atoms with van der Waals surface area (Å²) < 4.78 is 5.08. The minimum Gasteiger partial charge on any atom is -0.457 e. The molecule has 0 saturated carbocycles. The maximum Gasteiger partial charge on any atom is 0.310 e. The van der Waals surface area contributed by atoms with Gasteiger partial charge in [-0.25, -0.2) is 0 Å². The number of ketones is 1. The molecule has 2 rings (SSSR count). The van der Waals surface area contributed by atoms with Gasteiger partial charge in [0.05, 0.1) is 6.42 Å². The number of benzene rings is 2. The van der Waals surface area contributed by atoms with Gasteiger partial charge < -0.3 is 9.64 Å². The highest BCUT2D eigenvalue weighted by Gasteiger charge is 2.11. The van der Waals surface area contributed by atoms with Gasteiger partial charge in [0.2, 0.25) is 0 Å². The van der Waals surface area contributed by atoms with Crippen LogP contribution in [0.1, 0.15) is 21.5 Å². The van der Waals surface area contributed by atoms with Gasteiger partial charge in [-0.2, -0.15) is 0 Å². The van der Waals surface area contributed by atoms with Crippen molar-refractivity contribution in [3.8, 4) is 0 Å². The fourth-order valence-corrected chi connectivity index (χ4v) is 2.16. The lowest BCUT2D eigenvalue weighted by molar-refractivity contribution is -0.141. The Balaban J connectivity index is 1.86. The highest BCUT2D eigenvalue weighted by Crippen LogP contribution is 2.13. The molecule has 0 bridgehead atoms. The van der Waals surface area contributed by atoms with E-state index in [1.165, 1.54) is 0 Å². The molecule has 0 heterocycles. The molecule has 2 aromatic rings. The molecule has 0 N–H and O–H groups in total. The molecule has 0 fully saturated rings. The van der Waals surface area contributed by atoms with Crippen molar-refractivity contribution in [1.82, 2.24) is 0 Å². The minimum absolute atomic E-state index is 0.143. The summed E-state index contributed by atoms with van der Waals surface area (Å²) in [6.45, 7) is 3.44. The topological polar surface area (TPSA) is 46.6 Å². The fraction of sp³-hybridized carbons (Fsp3) is 0.200. The Kier molecular flexibility index (Phi) is 5.90. The summed E-state index contributed by atoms with van der Waals surface area (Å²) in [5, 5.41) is 0. The standard InChI is InChI=1S/C20H21NO3/c1-4-15-5-7-16(8-6-15)13-20(23)24-14-19(22)17-9-11-18(12-10-17)21(2)3/h4-12H,1,13-14H2,2-3H3. The highest BCUT2D eigenvalue weighted by molar-refractivity contribution is 5.98. The molecule has 0 radical (unpaired) electrons. The van der Waals surface area contributed by atoms with Crippen LogP contribution >= 0.6 is 0 Å². The second-order valence-electron chi connectivity index (χ2n) is 5.65. The zero-order valence-corrected chi connectivity index (χ0v) is 14.0. The number of rotatable bonds is 7. The summed E-state index contributed by atoms with van der Waals surface area (Å²) >= 11 is 0. The Labute approximate surface area is 142 Å². The number of Topliss-reactive ketones (excluding diaryl/α,β-unsaturated/α-hetero) is 1. The molecule has 0 aliphatic heterocycles. The lowest BCUT2D eigenvalue weighted by Crippen LogP contribution is -2.16. The van der Waals surface area contributed by atoms with E-state index in [9.17, 15) is 9.59 Å². The van der Waals surface area contributed by atoms with Gasteiger partial charge in [-0.3, -0.25) is 9.59 Å². The first-order valence-corrected chi connectivity index (χ1v) is 7.67. The van der Waals surface area contributed by atoms with Crippen molar-refractivity contribution in [2.75, 3.05) is 25.6 Å². The van der Waals surface area contributed by atoms with Crippen molar-refractivity contribution >= 4 is 23.5 Å². The summed E-state index contributed by atoms with van der Waals surface area (Å²) in [4.78, 5) is 25.9. The van der Waals surface area contributed by atoms with Gasteiger partial charge in [-0.1, -0.05) is 36.9 Å². The SMILES string of the molecule is C=Cc1ccc(CC(=O)OCC(=O)c2ccc(N(C)C)cc2)cc1. The predicted molar refractivity (Wildman–Crippen MR) is 96.3 cm³/mol. The van der Waals surface area contributed by atoms with Gasteiger partial charge in [-0.15, -0.1) is 0 Å². The number of esters is 1. The number of ether oxygens (including phenoxy) is 1. The zero-order valence-electron chi connectivity index (χ0n) is 14.0. The highest BCUT2D eigenvalue weighted by atomic mass is 16.5. The number of carbonyl (C=O) groups is 2. The smallest absolute Gasteiger partial charge is 0.310 e. The normalized spacial score (nSPS) is 10.1. The third kappa shape index (κ3) is 4.81. The van der Waals surface area contributed by atoms with Crippen LogP contribution in [0.3, 0.4) is 0 Å². The van der Waals surface area contributed by atoms with E-state index >= 15 is 0 Å². The quantitative estimate of drug-likeness (QED) is 0.579. The van der Waals surface area contributed by atoms with Crippen molar-refractivity contribution < 1.29 is 14.3 Å². The molecular formula is C20H21NO3. The van der Waals surface area contributed by atoms with Crippen molar-refractivity contribution in [3.63, 3.8) is 0 Å². The molecule has 0 spiro atoms. The number of carbonyl (C=O) groups excluding carboxylic acids is 2. The first-order chi connectivity index (χ1) is 11.5. The molecule has 0 atom stereocenters. The van der Waals surface area contributed by atoms with E-state index in [0.717, 1.165) is 16.8 Å². The Bertz CT molecular complexity index is 716. The molecule has 2 aromatic carbocycles. The molecule has 124 valence electrons. The van der Waals surface area contributed by atoms with E-state index in [0.29, 0.717) is 5.56 Å². The average molecular weight is 323 g/mol. The first-order valence-electron chi connectivity index (χ1n) is 7.67. The van der Waals surface area contributed by atoms with Crippen LogP contribution in [-0.4, -0.2) is 32.5 Å². The Hall–Kier alpha value is -2.88. The second-order valence-corrected chi connectivity index (χ2v) is 5.65. The third-order valence-electron chi connectivity index (χ3n) is 3.63. The van der Waals surface area contributed by atoms with E-state index in [-0.39, 0.29) is 18.8 Å². The first kappa shape index (κ1) is 17.5. The molecule has 0 saturated heterocycles. The van der Waals surface area contributed by atoms with Crippen molar-refractivity contribution in [3.05, 3.63) is 71.8 Å². The molecule has 0 amide bonds. The van der Waals surface area contributed by atoms with E-state index in [1.807, 2.05) is 55.4 Å². The van der Waals surface area contributed by atoms with E-state index in [1.54, 1.807) is 18.2 Å². The van der Waals surface area contributed by atoms with Crippen molar-refractivity contribution in [1.29, 1.82) is 0 Å². The summed E-state index contributed by atoms with van der Waals surface area (Å²) in [5.74, 6) is -0.629. The average Bonchev–Trinajstić information content (AvgIpc) is 2.60. The summed E-state index contributed by atoms with van der Waals surface area (Å²) in [6.07, 6.45) is 1.88. The largest absolute Gasteiger partial charge is 0.457 e. The van der Waals surface area contributed by atoms with E-state index in [2.05, 4.69) is 6.58 Å². The summed E-state index contributed by atoms with van der Waals surface area (Å²) in [7, 11) is 3.86. The van der Waals surface area contributed by atoms with Crippen LogP contribution in [-0.2, 0) is 16.0 Å². The molecule has 4 nitrogen and oxygen atoms in total. The maximum absolute atomic E-state index is 12.1. The van der Waals surface area contributed by atoms with E-state index in [4.69, 9.17) is 4.74 Å². The van der Waals surface area contributed by atoms with Crippen LogP contribution < -0.4 is 4.90 Å². The van der Waals surface area contributed by atoms with Gasteiger partial charge in [0.1, 0.15) is 0 Å². The molecular weight excluding hydrogens is 302 g/mol. The van der Waals surface area contributed by atoms with Crippen LogP contribution in [0, 0.1) is 0 Å². The van der Waals surface area contributed by atoms with Crippen LogP contribution in [0.4, 0.5) is 5.69 Å². The Morgan fingerprint density at radius 3 is 2.21 bits per heavy atom. The molecule has 0 unspecified atom stereocenters. The van der Waals surface area contributed by atoms with Crippen LogP contribution in [0.2, 0.25) is 0 Å². The third-order valence-corrected chi connectivity index (χ3v) is 3.63. The maximum atomic E-state index is 12.1. The van der Waals surface area contributed by atoms with Gasteiger partial charge >= 0.3 is 5.97 Å². The number of hydrogen-bond donors (Lipinski definition) is 0. The number of anilines is 1. The summed E-state index contributed by atoms with van der Waals surface area (Å²) in [6, 6.07) is 14.6. The number of hydrogen-bond acceptors (Lipinski definition) is 4. The fourth-order valence-electron chi connectivity index (χ4n) is 2.16. The van der Waals surface area contributed by atoms with Crippen LogP contribution in [0.15, 0.2) is 55.1 Å². The van der Waals surface area contributed by atoms with Crippen LogP contribution in [0.25, 0.3) is 6.08 Å². The second kappa shape index (κ2) is 8.11. The molecule has 24 heavy (non-hydrogen) atoms. The lowest BCUT2D eigenvalue weighted by atomic mass is 10.1. The van der Waals surface area contributed by atoms with Gasteiger partial charge in [0.25, 0.3) is 0 Å². The number of nitrogens with zero attached hydrogens (tertiary/aromatic N) is 1. The monoisotopic (exact) mass is 323 g/mol. The predicted octanol–water partition coefficient (Wildman–Crippen LogP) is 3.36. The van der Waals surface area contributed by atoms with Gasteiger partial charge in [0.15, 0.2) is 12.4 Å². The lowest BCUT2D eigenvalue weighted by Gasteiger charge is -2.12. The van der Waals surface area contributed by atoms with Crippen LogP contribution in [0.5, 0.6) is 0 Å². The van der Waals surface area contributed by atoms with Crippen molar-refractivity contribution in [2.45, 2.75) is 6.42 Å². The molecule has 0 aliphatic carbocycles. The zero-order chi connectivity index (χ0) is 17.5. The van der Waals surface area contributed by atoms with Crippen molar-refractivity contribution in [2.24, 2.45) is 0 Å². The van der Waals surface area contributed by atoms with E-state index < -0.39 is 5.97 Å². The molecule has 0 aromatic heterocycles. The molecule has 4 heteroatoms. The van der Waals surface area contributed by atoms with Gasteiger partial charge in [0, 0.05) is 25.3 Å². The summed E-state index contributed by atoms with van der Waals surface area (Å²) in [5.41, 5.74) is 3.37. The Morgan fingerprint density at radius 1 is 1.04 bits per heavy atom. The Morgan fingerprint density at radius 2 is 1.67 bits per heavy atom. The molecule has 0 aliphatic rings. The minimum atomic E-state index is -0.417. The van der Waals surface area contributed by atoms with Gasteiger partial charge in [-0.05, 0) is 35.4 Å².